The summed E-state index contributed by atoms with van der Waals surface area (Å²) in [7, 11) is -4.24. The summed E-state index contributed by atoms with van der Waals surface area (Å²) < 4.78 is 44.2. The van der Waals surface area contributed by atoms with Crippen molar-refractivity contribution in [2.45, 2.75) is 11.8 Å². The van der Waals surface area contributed by atoms with Gasteiger partial charge in [0.15, 0.2) is 0 Å². The summed E-state index contributed by atoms with van der Waals surface area (Å²) in [6, 6.07) is 3.45. The molecule has 6 nitrogen and oxygen atoms in total. The Morgan fingerprint density at radius 2 is 2.14 bits per heavy atom. The molecule has 0 saturated carbocycles. The minimum atomic E-state index is -4.24. The SMILES string of the molecule is Cc1nsc(NS(=O)(=O)c2ccc(Br)cc2F)c1C(=O)O. The second-order valence-electron chi connectivity index (χ2n) is 3.96. The molecule has 112 valence electrons. The monoisotopic (exact) mass is 394 g/mol. The largest absolute Gasteiger partial charge is 0.478 e. The maximum Gasteiger partial charge on any atom is 0.340 e. The van der Waals surface area contributed by atoms with Gasteiger partial charge in [-0.1, -0.05) is 15.9 Å². The van der Waals surface area contributed by atoms with E-state index in [1.54, 1.807) is 0 Å². The lowest BCUT2D eigenvalue weighted by Crippen LogP contribution is -2.15. The van der Waals surface area contributed by atoms with E-state index in [1.807, 2.05) is 0 Å². The van der Waals surface area contributed by atoms with E-state index in [4.69, 9.17) is 5.11 Å². The highest BCUT2D eigenvalue weighted by Crippen LogP contribution is 2.28. The number of anilines is 1. The fourth-order valence-corrected chi connectivity index (χ4v) is 4.04. The van der Waals surface area contributed by atoms with Crippen molar-refractivity contribution in [3.63, 3.8) is 0 Å². The number of aromatic carboxylic acids is 1. The molecule has 2 N–H and O–H groups in total. The molecule has 0 spiro atoms. The number of nitrogens with one attached hydrogen (secondary N) is 1. The number of carbonyl (C=O) groups is 1. The molecule has 21 heavy (non-hydrogen) atoms. The van der Waals surface area contributed by atoms with Gasteiger partial charge in [-0.25, -0.2) is 17.6 Å². The third-order valence-corrected chi connectivity index (χ3v) is 5.35. The van der Waals surface area contributed by atoms with Crippen molar-refractivity contribution in [2.24, 2.45) is 0 Å². The number of carboxylic acid groups (broad SMARTS) is 1. The predicted octanol–water partition coefficient (Wildman–Crippen LogP) is 2.85. The molecule has 0 fully saturated rings. The summed E-state index contributed by atoms with van der Waals surface area (Å²) in [6.07, 6.45) is 0. The van der Waals surface area contributed by atoms with Crippen molar-refractivity contribution in [3.05, 3.63) is 39.7 Å². The van der Waals surface area contributed by atoms with Gasteiger partial charge in [0.05, 0.1) is 5.69 Å². The molecule has 2 rings (SSSR count). The van der Waals surface area contributed by atoms with Gasteiger partial charge in [-0.15, -0.1) is 0 Å². The van der Waals surface area contributed by atoms with Crippen LogP contribution in [0.4, 0.5) is 9.39 Å². The molecule has 0 unspecified atom stereocenters. The second-order valence-corrected chi connectivity index (χ2v) is 7.30. The van der Waals surface area contributed by atoms with E-state index in [-0.39, 0.29) is 16.3 Å². The van der Waals surface area contributed by atoms with Crippen molar-refractivity contribution in [2.75, 3.05) is 4.72 Å². The number of aromatic nitrogens is 1. The van der Waals surface area contributed by atoms with E-state index in [0.29, 0.717) is 16.0 Å². The number of rotatable bonds is 4. The number of carboxylic acids is 1. The Morgan fingerprint density at radius 3 is 2.71 bits per heavy atom. The summed E-state index contributed by atoms with van der Waals surface area (Å²) in [5, 5.41) is 8.88. The number of nitrogens with zero attached hydrogens (tertiary/aromatic N) is 1. The Hall–Kier alpha value is -1.52. The van der Waals surface area contributed by atoms with Crippen molar-refractivity contribution < 1.29 is 22.7 Å². The number of halogens is 2. The molecule has 0 radical (unpaired) electrons. The molecule has 2 aromatic rings. The molecule has 10 heteroatoms. The van der Waals surface area contributed by atoms with Crippen LogP contribution in [0.1, 0.15) is 16.1 Å². The zero-order chi connectivity index (χ0) is 15.8. The molecule has 1 aromatic heterocycles. The van der Waals surface area contributed by atoms with Crippen molar-refractivity contribution in [1.82, 2.24) is 4.37 Å². The zero-order valence-corrected chi connectivity index (χ0v) is 13.6. The van der Waals surface area contributed by atoms with Crippen LogP contribution in [0.15, 0.2) is 27.6 Å². The van der Waals surface area contributed by atoms with Crippen LogP contribution in [-0.4, -0.2) is 23.9 Å². The van der Waals surface area contributed by atoms with Crippen LogP contribution in [-0.2, 0) is 10.0 Å². The van der Waals surface area contributed by atoms with E-state index in [0.717, 1.165) is 12.1 Å². The molecule has 0 amide bonds. The number of benzene rings is 1. The van der Waals surface area contributed by atoms with Gasteiger partial charge in [0.1, 0.15) is 21.3 Å². The van der Waals surface area contributed by atoms with Gasteiger partial charge in [0.25, 0.3) is 10.0 Å². The summed E-state index contributed by atoms with van der Waals surface area (Å²) in [5.74, 6) is -2.26. The first kappa shape index (κ1) is 15.9. The van der Waals surface area contributed by atoms with Crippen LogP contribution in [0.25, 0.3) is 0 Å². The highest BCUT2D eigenvalue weighted by molar-refractivity contribution is 9.10. The molecule has 0 saturated heterocycles. The average Bonchev–Trinajstić information content (AvgIpc) is 2.68. The number of sulfonamides is 1. The van der Waals surface area contributed by atoms with E-state index in [2.05, 4.69) is 25.0 Å². The quantitative estimate of drug-likeness (QED) is 0.830. The smallest absolute Gasteiger partial charge is 0.340 e. The summed E-state index contributed by atoms with van der Waals surface area (Å²) in [6.45, 7) is 1.44. The van der Waals surface area contributed by atoms with Gasteiger partial charge in [-0.3, -0.25) is 4.72 Å². The van der Waals surface area contributed by atoms with Crippen LogP contribution in [0.5, 0.6) is 0 Å². The standard InChI is InChI=1S/C11H8BrFN2O4S2/c1-5-9(11(16)17)10(20-14-5)15-21(18,19)8-3-2-6(12)4-7(8)13/h2-4,15H,1H3,(H,16,17). The molecule has 0 bridgehead atoms. The van der Waals surface area contributed by atoms with E-state index >= 15 is 0 Å². The predicted molar refractivity (Wildman–Crippen MR) is 78.7 cm³/mol. The van der Waals surface area contributed by atoms with Crippen LogP contribution in [0, 0.1) is 12.7 Å². The van der Waals surface area contributed by atoms with Crippen LogP contribution < -0.4 is 4.72 Å². The lowest BCUT2D eigenvalue weighted by Gasteiger charge is -2.08. The molecule has 0 aliphatic heterocycles. The molecular weight excluding hydrogens is 387 g/mol. The van der Waals surface area contributed by atoms with Crippen LogP contribution >= 0.6 is 27.5 Å². The molecule has 0 aliphatic carbocycles. The fourth-order valence-electron chi connectivity index (χ4n) is 1.56. The van der Waals surface area contributed by atoms with E-state index in [1.165, 1.54) is 13.0 Å². The first-order chi connectivity index (χ1) is 9.72. The van der Waals surface area contributed by atoms with Gasteiger partial charge >= 0.3 is 5.97 Å². The number of hydrogen-bond donors (Lipinski definition) is 2. The Balaban J connectivity index is 2.45. The Morgan fingerprint density at radius 1 is 1.48 bits per heavy atom. The Bertz CT molecular complexity index is 820. The molecule has 1 heterocycles. The van der Waals surface area contributed by atoms with Gasteiger partial charge in [-0.05, 0) is 36.7 Å². The van der Waals surface area contributed by atoms with Crippen LogP contribution in [0.2, 0.25) is 0 Å². The Labute approximate surface area is 132 Å². The third kappa shape index (κ3) is 3.22. The highest BCUT2D eigenvalue weighted by atomic mass is 79.9. The normalized spacial score (nSPS) is 11.4. The maximum atomic E-state index is 13.7. The molecular formula is C11H8BrFN2O4S2. The van der Waals surface area contributed by atoms with Crippen molar-refractivity contribution in [1.29, 1.82) is 0 Å². The number of hydrogen-bond acceptors (Lipinski definition) is 5. The zero-order valence-electron chi connectivity index (χ0n) is 10.4. The third-order valence-electron chi connectivity index (χ3n) is 2.49. The topological polar surface area (TPSA) is 96.4 Å². The lowest BCUT2D eigenvalue weighted by molar-refractivity contribution is 0.0697. The molecule has 0 atom stereocenters. The fraction of sp³-hybridized carbons (Fsp3) is 0.0909. The number of aryl methyl sites for hydroxylation is 1. The van der Waals surface area contributed by atoms with E-state index < -0.39 is 26.7 Å². The summed E-state index contributed by atoms with van der Waals surface area (Å²) in [4.78, 5) is 10.5. The first-order valence-electron chi connectivity index (χ1n) is 5.40. The highest BCUT2D eigenvalue weighted by Gasteiger charge is 2.25. The van der Waals surface area contributed by atoms with Gasteiger partial charge < -0.3 is 5.11 Å². The molecule has 0 aliphatic rings. The van der Waals surface area contributed by atoms with E-state index in [9.17, 15) is 17.6 Å². The average molecular weight is 395 g/mol. The second kappa shape index (κ2) is 5.70. The summed E-state index contributed by atoms with van der Waals surface area (Å²) >= 11 is 3.71. The first-order valence-corrected chi connectivity index (χ1v) is 8.45. The van der Waals surface area contributed by atoms with Crippen molar-refractivity contribution in [3.8, 4) is 0 Å². The summed E-state index contributed by atoms with van der Waals surface area (Å²) in [5.41, 5.74) is -0.0671. The van der Waals surface area contributed by atoms with Crippen LogP contribution in [0.3, 0.4) is 0 Å². The molecule has 1 aromatic carbocycles. The minimum absolute atomic E-state index is 0.165. The lowest BCUT2D eigenvalue weighted by atomic mass is 10.2. The maximum absolute atomic E-state index is 13.7. The van der Waals surface area contributed by atoms with Gasteiger partial charge in [0.2, 0.25) is 0 Å². The Kier molecular flexibility index (Phi) is 4.30. The minimum Gasteiger partial charge on any atom is -0.478 e. The van der Waals surface area contributed by atoms with Gasteiger partial charge in [-0.2, -0.15) is 4.37 Å². The van der Waals surface area contributed by atoms with Crippen molar-refractivity contribution >= 4 is 48.5 Å². The van der Waals surface area contributed by atoms with Gasteiger partial charge in [0, 0.05) is 4.47 Å².